The van der Waals surface area contributed by atoms with Crippen LogP contribution in [0.4, 0.5) is 24.8 Å². The molecule has 3 aromatic heterocycles. The fourth-order valence-electron chi connectivity index (χ4n) is 6.03. The first-order valence-electron chi connectivity index (χ1n) is 15.4. The number of carbonyl (C=O) groups excluding carboxylic acids is 1. The number of anilines is 2. The minimum absolute atomic E-state index is 0.0426. The second-order valence-corrected chi connectivity index (χ2v) is 14.3. The topological polar surface area (TPSA) is 143 Å². The van der Waals surface area contributed by atoms with Gasteiger partial charge in [0.1, 0.15) is 11.6 Å². The Labute approximate surface area is 265 Å². The summed E-state index contributed by atoms with van der Waals surface area (Å²) in [4.78, 5) is 24.7. The third kappa shape index (κ3) is 6.49. The molecule has 2 bridgehead atoms. The number of fused-ring (bicyclic) bond motifs is 5. The number of nitrogens with zero attached hydrogens (tertiary/aromatic N) is 5. The van der Waals surface area contributed by atoms with Crippen LogP contribution in [0.25, 0.3) is 5.82 Å². The van der Waals surface area contributed by atoms with Crippen molar-refractivity contribution in [3.63, 3.8) is 0 Å². The second kappa shape index (κ2) is 12.0. The van der Waals surface area contributed by atoms with Crippen LogP contribution in [-0.4, -0.2) is 71.7 Å². The minimum atomic E-state index is -4.33. The second-order valence-electron chi connectivity index (χ2n) is 12.6. The first-order valence-corrected chi connectivity index (χ1v) is 16.8. The Hall–Kier alpha value is -3.92. The van der Waals surface area contributed by atoms with Gasteiger partial charge >= 0.3 is 6.18 Å². The van der Waals surface area contributed by atoms with E-state index in [1.807, 2.05) is 18.7 Å². The molecule has 6 rings (SSSR count). The van der Waals surface area contributed by atoms with Gasteiger partial charge < -0.3 is 15.0 Å². The molecule has 0 radical (unpaired) electrons. The zero-order valence-electron chi connectivity index (χ0n) is 25.6. The van der Waals surface area contributed by atoms with Crippen molar-refractivity contribution in [1.29, 1.82) is 0 Å². The monoisotopic (exact) mass is 662 g/mol. The molecule has 5 heterocycles. The summed E-state index contributed by atoms with van der Waals surface area (Å²) in [5.74, 6) is 0.238. The molecule has 12 nitrogen and oxygen atoms in total. The summed E-state index contributed by atoms with van der Waals surface area (Å²) >= 11 is 0. The fourth-order valence-corrected chi connectivity index (χ4v) is 6.97. The molecule has 2 aliphatic heterocycles. The molecule has 1 unspecified atom stereocenters. The minimum Gasteiger partial charge on any atom is -0.477 e. The van der Waals surface area contributed by atoms with Crippen LogP contribution in [0, 0.1) is 5.41 Å². The van der Waals surface area contributed by atoms with E-state index in [0.717, 1.165) is 25.7 Å². The predicted molar refractivity (Wildman–Crippen MR) is 163 cm³/mol. The van der Waals surface area contributed by atoms with Crippen LogP contribution in [-0.2, 0) is 10.0 Å². The normalized spacial score (nSPS) is 22.2. The fraction of sp³-hybridized carbons (Fsp3) is 0.533. The Kier molecular flexibility index (Phi) is 8.38. The summed E-state index contributed by atoms with van der Waals surface area (Å²) in [5, 5.41) is 10.8. The van der Waals surface area contributed by atoms with Crippen molar-refractivity contribution in [3.05, 3.63) is 48.2 Å². The Bertz CT molecular complexity index is 1710. The Morgan fingerprint density at radius 2 is 1.83 bits per heavy atom. The first-order chi connectivity index (χ1) is 21.8. The summed E-state index contributed by atoms with van der Waals surface area (Å²) in [6, 6.07) is 9.09. The van der Waals surface area contributed by atoms with E-state index < -0.39 is 33.1 Å². The number of amides is 1. The largest absolute Gasteiger partial charge is 0.477 e. The number of carbonyl (C=O) groups is 1. The van der Waals surface area contributed by atoms with Gasteiger partial charge in [0.25, 0.3) is 15.9 Å². The molecule has 1 amide bonds. The quantitative estimate of drug-likeness (QED) is 0.360. The Morgan fingerprint density at radius 3 is 2.59 bits per heavy atom. The van der Waals surface area contributed by atoms with Crippen molar-refractivity contribution < 1.29 is 31.1 Å². The molecular formula is C30H37F3N8O4S. The van der Waals surface area contributed by atoms with E-state index >= 15 is 0 Å². The van der Waals surface area contributed by atoms with E-state index in [1.165, 1.54) is 28.9 Å². The van der Waals surface area contributed by atoms with Crippen LogP contribution in [0.5, 0.6) is 5.88 Å². The lowest BCUT2D eigenvalue weighted by Gasteiger charge is -2.38. The number of hydrogen-bond donors (Lipinski definition) is 3. The highest BCUT2D eigenvalue weighted by Crippen LogP contribution is 2.59. The summed E-state index contributed by atoms with van der Waals surface area (Å²) in [6.07, 6.45) is 0.399. The number of rotatable bonds is 5. The highest BCUT2D eigenvalue weighted by atomic mass is 32.2. The molecule has 0 spiro atoms. The van der Waals surface area contributed by atoms with E-state index in [4.69, 9.17) is 9.72 Å². The number of sulfonamides is 1. The van der Waals surface area contributed by atoms with Crippen LogP contribution in [0.2, 0.25) is 0 Å². The summed E-state index contributed by atoms with van der Waals surface area (Å²) in [5.41, 5.74) is -2.08. The van der Waals surface area contributed by atoms with E-state index in [0.29, 0.717) is 24.7 Å². The van der Waals surface area contributed by atoms with Crippen LogP contribution in [0.3, 0.4) is 0 Å². The molecule has 0 aromatic carbocycles. The molecule has 2 fully saturated rings. The molecule has 1 saturated heterocycles. The third-order valence-corrected chi connectivity index (χ3v) is 10.2. The highest BCUT2D eigenvalue weighted by Gasteiger charge is 2.62. The number of halogens is 3. The van der Waals surface area contributed by atoms with Gasteiger partial charge in [-0.05, 0) is 89.6 Å². The van der Waals surface area contributed by atoms with Gasteiger partial charge in [-0.2, -0.15) is 21.6 Å². The molecule has 1 aliphatic carbocycles. The van der Waals surface area contributed by atoms with Gasteiger partial charge in [-0.25, -0.2) is 19.4 Å². The van der Waals surface area contributed by atoms with Crippen molar-refractivity contribution in [2.24, 2.45) is 5.41 Å². The van der Waals surface area contributed by atoms with E-state index in [-0.39, 0.29) is 54.3 Å². The lowest BCUT2D eigenvalue weighted by atomic mass is 10.0. The van der Waals surface area contributed by atoms with E-state index in [9.17, 15) is 26.4 Å². The van der Waals surface area contributed by atoms with Crippen molar-refractivity contribution in [2.75, 3.05) is 29.9 Å². The van der Waals surface area contributed by atoms with Crippen molar-refractivity contribution in [3.8, 4) is 11.7 Å². The van der Waals surface area contributed by atoms with Crippen molar-refractivity contribution in [1.82, 2.24) is 29.8 Å². The molecule has 46 heavy (non-hydrogen) atoms. The van der Waals surface area contributed by atoms with Gasteiger partial charge in [-0.3, -0.25) is 10.1 Å². The number of ether oxygens (including phenoxy) is 1. The lowest BCUT2D eigenvalue weighted by Crippen LogP contribution is -2.51. The lowest BCUT2D eigenvalue weighted by molar-refractivity contribution is -0.190. The van der Waals surface area contributed by atoms with E-state index in [1.54, 1.807) is 18.3 Å². The van der Waals surface area contributed by atoms with Gasteiger partial charge in [0.2, 0.25) is 5.88 Å². The molecule has 1 atom stereocenters. The number of pyridine rings is 2. The molecule has 3 aromatic rings. The standard InChI is InChI=1S/C30H37F3N8O4S/c1-28(2)12-10-22-35-17-4-3-16-34-21-6-5-7-25(36-21)46(43,44)39-27(42)20-8-9-23(37-26(20)41(22)28)40-18-11-24(38-40)45-19-15-29(13-14-29)30(31,32)33/h5-9,11,18,22,35H,3-4,10,12-17,19H2,1-2H3,(H,34,36)(H,39,42). The van der Waals surface area contributed by atoms with Gasteiger partial charge in [0.05, 0.1) is 23.8 Å². The van der Waals surface area contributed by atoms with Crippen LogP contribution < -0.4 is 25.0 Å². The third-order valence-electron chi connectivity index (χ3n) is 8.93. The molecular weight excluding hydrogens is 625 g/mol. The molecule has 3 aliphatic rings. The van der Waals surface area contributed by atoms with Crippen LogP contribution >= 0.6 is 0 Å². The maximum atomic E-state index is 13.7. The number of aromatic nitrogens is 4. The highest BCUT2D eigenvalue weighted by molar-refractivity contribution is 7.90. The average Bonchev–Trinajstić information content (AvgIpc) is 3.55. The number of nitrogens with one attached hydrogen (secondary N) is 3. The SMILES string of the molecule is CC1(C)CCC2NCCCCNc3cccc(n3)S(=O)(=O)NC(=O)c3ccc(-n4ccc(OCCC5(C(F)(F)F)CC5)n4)nc3N21. The van der Waals surface area contributed by atoms with Crippen molar-refractivity contribution >= 4 is 27.6 Å². The van der Waals surface area contributed by atoms with Gasteiger partial charge in [0.15, 0.2) is 10.8 Å². The average molecular weight is 663 g/mol. The molecule has 16 heteroatoms. The van der Waals surface area contributed by atoms with Gasteiger partial charge in [-0.15, -0.1) is 5.10 Å². The Balaban J connectivity index is 1.32. The predicted octanol–water partition coefficient (Wildman–Crippen LogP) is 4.39. The zero-order valence-corrected chi connectivity index (χ0v) is 26.4. The molecule has 1 saturated carbocycles. The smallest absolute Gasteiger partial charge is 0.394 e. The van der Waals surface area contributed by atoms with Gasteiger partial charge in [0, 0.05) is 24.3 Å². The molecule has 248 valence electrons. The van der Waals surface area contributed by atoms with Crippen molar-refractivity contribution in [2.45, 2.75) is 81.7 Å². The van der Waals surface area contributed by atoms with E-state index in [2.05, 4.69) is 25.4 Å². The maximum absolute atomic E-state index is 13.7. The maximum Gasteiger partial charge on any atom is 0.394 e. The summed E-state index contributed by atoms with van der Waals surface area (Å²) in [6.45, 7) is 5.24. The van der Waals surface area contributed by atoms with Crippen LogP contribution in [0.1, 0.15) is 69.2 Å². The van der Waals surface area contributed by atoms with Crippen LogP contribution in [0.15, 0.2) is 47.6 Å². The number of alkyl halides is 3. The summed E-state index contributed by atoms with van der Waals surface area (Å²) < 4.78 is 75.6. The zero-order chi connectivity index (χ0) is 32.7. The summed E-state index contributed by atoms with van der Waals surface area (Å²) in [7, 11) is -4.33. The number of hydrogen-bond acceptors (Lipinski definition) is 10. The first kappa shape index (κ1) is 32.0. The molecule has 3 N–H and O–H groups in total. The van der Waals surface area contributed by atoms with Gasteiger partial charge in [-0.1, -0.05) is 6.07 Å². The Morgan fingerprint density at radius 1 is 1.04 bits per heavy atom.